The van der Waals surface area contributed by atoms with Gasteiger partial charge in [0.1, 0.15) is 11.2 Å². The molecule has 1 amide bonds. The molecule has 33 heavy (non-hydrogen) atoms. The minimum absolute atomic E-state index is 0.189. The standard InChI is InChI=1S/C26H40BN2O4/c1-24(2,3)31-23(30)29-14-12-28(13-15-29)18-19-16-21(17-19)20-8-10-22(11-9-20)27-32-25(4,5)26(6,7)33-27/h8-11,19,21H,4,12-18H2,1-3,5-7H3/q+1. The van der Waals surface area contributed by atoms with E-state index in [1.54, 1.807) is 0 Å². The van der Waals surface area contributed by atoms with E-state index in [1.807, 2.05) is 46.4 Å². The van der Waals surface area contributed by atoms with Crippen molar-refractivity contribution in [1.29, 1.82) is 0 Å². The van der Waals surface area contributed by atoms with Crippen LogP contribution in [0.3, 0.4) is 0 Å². The average Bonchev–Trinajstić information content (AvgIpc) is 2.91. The summed E-state index contributed by atoms with van der Waals surface area (Å²) >= 11 is 0. The Labute approximate surface area is 200 Å². The van der Waals surface area contributed by atoms with Gasteiger partial charge in [0.05, 0.1) is 6.92 Å². The molecule has 1 aromatic carbocycles. The van der Waals surface area contributed by atoms with E-state index in [0.717, 1.165) is 44.1 Å². The first kappa shape index (κ1) is 24.4. The van der Waals surface area contributed by atoms with Gasteiger partial charge in [0.25, 0.3) is 0 Å². The first-order chi connectivity index (χ1) is 15.3. The maximum atomic E-state index is 12.2. The summed E-state index contributed by atoms with van der Waals surface area (Å²) in [6.07, 6.45) is 2.27. The van der Waals surface area contributed by atoms with Crippen molar-refractivity contribution in [3.63, 3.8) is 0 Å². The predicted octanol–water partition coefficient (Wildman–Crippen LogP) is 3.85. The van der Waals surface area contributed by atoms with Crippen LogP contribution in [0.25, 0.3) is 0 Å². The third kappa shape index (κ3) is 5.52. The highest BCUT2D eigenvalue weighted by molar-refractivity contribution is 6.62. The highest BCUT2D eigenvalue weighted by Gasteiger charge is 2.57. The minimum atomic E-state index is -0.560. The van der Waals surface area contributed by atoms with Gasteiger partial charge in [-0.25, -0.2) is 4.79 Å². The molecule has 3 aliphatic rings. The Morgan fingerprint density at radius 3 is 2.21 bits per heavy atom. The first-order valence-corrected chi connectivity index (χ1v) is 12.3. The van der Waals surface area contributed by atoms with Crippen LogP contribution in [0.2, 0.25) is 0 Å². The van der Waals surface area contributed by atoms with E-state index in [4.69, 9.17) is 14.0 Å². The van der Waals surface area contributed by atoms with E-state index < -0.39 is 16.8 Å². The van der Waals surface area contributed by atoms with Gasteiger partial charge in [-0.05, 0) is 70.3 Å². The Morgan fingerprint density at radius 1 is 1.09 bits per heavy atom. The van der Waals surface area contributed by atoms with Crippen molar-refractivity contribution < 1.29 is 18.8 Å². The average molecular weight is 455 g/mol. The molecule has 2 heterocycles. The summed E-state index contributed by atoms with van der Waals surface area (Å²) in [5, 5.41) is 0. The molecule has 6 nitrogen and oxygen atoms in total. The molecule has 0 spiro atoms. The second kappa shape index (κ2) is 8.83. The lowest BCUT2D eigenvalue weighted by molar-refractivity contribution is 0.0116. The van der Waals surface area contributed by atoms with Crippen LogP contribution in [0.4, 0.5) is 4.79 Å². The van der Waals surface area contributed by atoms with Crippen molar-refractivity contribution >= 4 is 18.7 Å². The van der Waals surface area contributed by atoms with Crippen LogP contribution in [0.5, 0.6) is 0 Å². The van der Waals surface area contributed by atoms with Gasteiger partial charge in [0.2, 0.25) is 5.60 Å². The predicted molar refractivity (Wildman–Crippen MR) is 132 cm³/mol. The second-order valence-electron chi connectivity index (χ2n) is 11.8. The van der Waals surface area contributed by atoms with Crippen molar-refractivity contribution in [2.75, 3.05) is 32.7 Å². The Bertz CT molecular complexity index is 819. The number of piperazine rings is 1. The summed E-state index contributed by atoms with van der Waals surface area (Å²) in [6.45, 7) is 20.4. The molecule has 0 radical (unpaired) electrons. The van der Waals surface area contributed by atoms with Crippen molar-refractivity contribution in [2.45, 2.75) is 77.1 Å². The van der Waals surface area contributed by atoms with Gasteiger partial charge in [-0.15, -0.1) is 0 Å². The lowest BCUT2D eigenvalue weighted by Gasteiger charge is -2.42. The molecule has 2 aliphatic heterocycles. The summed E-state index contributed by atoms with van der Waals surface area (Å²) in [6, 6.07) is 8.74. The van der Waals surface area contributed by atoms with E-state index in [0.29, 0.717) is 5.92 Å². The van der Waals surface area contributed by atoms with Crippen LogP contribution < -0.4 is 5.46 Å². The third-order valence-corrected chi connectivity index (χ3v) is 7.50. The summed E-state index contributed by atoms with van der Waals surface area (Å²) in [4.78, 5) is 16.6. The molecule has 0 aromatic heterocycles. The molecule has 2 saturated heterocycles. The molecular weight excluding hydrogens is 415 g/mol. The maximum Gasteiger partial charge on any atom is 0.497 e. The lowest BCUT2D eigenvalue weighted by Crippen LogP contribution is -2.51. The molecule has 1 unspecified atom stereocenters. The Hall–Kier alpha value is -1.70. The normalized spacial score (nSPS) is 30.2. The maximum absolute atomic E-state index is 12.2. The molecule has 4 rings (SSSR count). The highest BCUT2D eigenvalue weighted by atomic mass is 16.7. The van der Waals surface area contributed by atoms with E-state index in [1.165, 1.54) is 18.4 Å². The fourth-order valence-electron chi connectivity index (χ4n) is 4.82. The zero-order chi connectivity index (χ0) is 24.0. The number of nitrogens with zero attached hydrogens (tertiary/aromatic N) is 2. The lowest BCUT2D eigenvalue weighted by atomic mass is 9.70. The number of ether oxygens (including phenoxy) is 1. The zero-order valence-corrected chi connectivity index (χ0v) is 21.2. The molecule has 1 saturated carbocycles. The van der Waals surface area contributed by atoms with Crippen LogP contribution in [0, 0.1) is 12.8 Å². The van der Waals surface area contributed by atoms with Crippen molar-refractivity contribution in [1.82, 2.24) is 9.80 Å². The molecular formula is C26H40BN2O4+. The number of hydrogen-bond donors (Lipinski definition) is 0. The zero-order valence-electron chi connectivity index (χ0n) is 21.2. The van der Waals surface area contributed by atoms with Crippen LogP contribution in [0.15, 0.2) is 24.3 Å². The fraction of sp³-hybridized carbons (Fsp3) is 0.692. The molecule has 1 atom stereocenters. The summed E-state index contributed by atoms with van der Waals surface area (Å²) in [5.74, 6) is 1.36. The van der Waals surface area contributed by atoms with E-state index in [2.05, 4.69) is 36.1 Å². The first-order valence-electron chi connectivity index (χ1n) is 12.3. The summed E-state index contributed by atoms with van der Waals surface area (Å²) < 4.78 is 17.7. The molecule has 0 bridgehead atoms. The van der Waals surface area contributed by atoms with Gasteiger partial charge in [-0.2, -0.15) is 0 Å². The van der Waals surface area contributed by atoms with Gasteiger partial charge in [0.15, 0.2) is 0 Å². The van der Waals surface area contributed by atoms with E-state index >= 15 is 0 Å². The van der Waals surface area contributed by atoms with Crippen LogP contribution >= 0.6 is 0 Å². The molecule has 7 heteroatoms. The summed E-state index contributed by atoms with van der Waals surface area (Å²) in [5.41, 5.74) is 1.04. The molecule has 3 fully saturated rings. The highest BCUT2D eigenvalue weighted by Crippen LogP contribution is 2.42. The summed E-state index contributed by atoms with van der Waals surface area (Å²) in [7, 11) is -0.356. The van der Waals surface area contributed by atoms with E-state index in [9.17, 15) is 4.79 Å². The number of carbonyl (C=O) groups excluding carboxylic acids is 1. The molecule has 1 aromatic rings. The molecule has 180 valence electrons. The van der Waals surface area contributed by atoms with E-state index in [-0.39, 0.29) is 13.2 Å². The van der Waals surface area contributed by atoms with Gasteiger partial charge in [-0.1, -0.05) is 24.3 Å². The van der Waals surface area contributed by atoms with Gasteiger partial charge in [-0.3, -0.25) is 4.90 Å². The molecule has 0 N–H and O–H groups in total. The van der Waals surface area contributed by atoms with Crippen LogP contribution in [-0.2, 0) is 14.0 Å². The number of hydrogen-bond acceptors (Lipinski definition) is 5. The van der Waals surface area contributed by atoms with Gasteiger partial charge >= 0.3 is 13.2 Å². The number of carbonyl (C=O) groups is 1. The van der Waals surface area contributed by atoms with Crippen molar-refractivity contribution in [3.8, 4) is 0 Å². The second-order valence-corrected chi connectivity index (χ2v) is 11.8. The van der Waals surface area contributed by atoms with Crippen LogP contribution in [-0.4, -0.2) is 72.5 Å². The third-order valence-electron chi connectivity index (χ3n) is 7.50. The Kier molecular flexibility index (Phi) is 6.53. The quantitative estimate of drug-likeness (QED) is 0.510. The van der Waals surface area contributed by atoms with Crippen molar-refractivity contribution in [2.24, 2.45) is 5.92 Å². The Balaban J connectivity index is 1.20. The smallest absolute Gasteiger partial charge is 0.444 e. The topological polar surface area (TPSA) is 51.2 Å². The Morgan fingerprint density at radius 2 is 1.70 bits per heavy atom. The fourth-order valence-corrected chi connectivity index (χ4v) is 4.82. The SMILES string of the molecule is [CH2+]C1(C)OB(c2ccc(C3CC(CN4CCN(C(=O)OC(C)(C)C)CC4)C3)cc2)OC1(C)C. The number of amides is 1. The number of rotatable bonds is 4. The van der Waals surface area contributed by atoms with Gasteiger partial charge in [0, 0.05) is 39.6 Å². The van der Waals surface area contributed by atoms with Gasteiger partial charge < -0.3 is 18.9 Å². The molecule has 1 aliphatic carbocycles. The van der Waals surface area contributed by atoms with Crippen molar-refractivity contribution in [3.05, 3.63) is 36.8 Å². The number of benzene rings is 1. The minimum Gasteiger partial charge on any atom is -0.444 e. The van der Waals surface area contributed by atoms with Crippen LogP contribution in [0.1, 0.15) is 65.9 Å². The monoisotopic (exact) mass is 455 g/mol. The largest absolute Gasteiger partial charge is 0.497 e.